The average Bonchev–Trinajstić information content (AvgIpc) is 3.30. The standard InChI is InChI=1S/C24H34FN3O2/c1-16(2)26-23(29)28-9-3-4-17-12-19(14-21(17)28)27-10-7-24(8-11-27)15-30-22-6-5-18(25)13-20(22)24/h5-6,13,16-17,19,21H,3-4,7-12,14-15H2,1-2H3,(H,26,29). The molecular formula is C24H34FN3O2. The molecule has 2 saturated heterocycles. The van der Waals surface area contributed by atoms with Gasteiger partial charge in [-0.15, -0.1) is 0 Å². The summed E-state index contributed by atoms with van der Waals surface area (Å²) in [6.07, 6.45) is 6.68. The summed E-state index contributed by atoms with van der Waals surface area (Å²) in [6.45, 7) is 7.67. The molecule has 1 aromatic carbocycles. The number of halogens is 1. The van der Waals surface area contributed by atoms with Crippen LogP contribution in [0.15, 0.2) is 18.2 Å². The van der Waals surface area contributed by atoms with Crippen LogP contribution in [0.25, 0.3) is 0 Å². The zero-order chi connectivity index (χ0) is 20.9. The van der Waals surface area contributed by atoms with Crippen LogP contribution in [-0.2, 0) is 5.41 Å². The summed E-state index contributed by atoms with van der Waals surface area (Å²) < 4.78 is 19.8. The van der Waals surface area contributed by atoms with Gasteiger partial charge in [0.05, 0.1) is 6.61 Å². The number of hydrogen-bond acceptors (Lipinski definition) is 3. The number of urea groups is 1. The number of benzene rings is 1. The first-order chi connectivity index (χ1) is 14.4. The number of rotatable bonds is 2. The van der Waals surface area contributed by atoms with Crippen molar-refractivity contribution in [2.24, 2.45) is 5.92 Å². The third-order valence-corrected chi connectivity index (χ3v) is 7.97. The molecular weight excluding hydrogens is 381 g/mol. The van der Waals surface area contributed by atoms with Gasteiger partial charge in [0.25, 0.3) is 0 Å². The highest BCUT2D eigenvalue weighted by Gasteiger charge is 2.47. The smallest absolute Gasteiger partial charge is 0.317 e. The number of piperidine rings is 2. The number of nitrogens with zero attached hydrogens (tertiary/aromatic N) is 2. The normalized spacial score (nSPS) is 30.3. The quantitative estimate of drug-likeness (QED) is 0.797. The predicted molar refractivity (Wildman–Crippen MR) is 114 cm³/mol. The highest BCUT2D eigenvalue weighted by atomic mass is 19.1. The minimum atomic E-state index is -0.166. The van der Waals surface area contributed by atoms with E-state index in [4.69, 9.17) is 4.74 Å². The van der Waals surface area contributed by atoms with E-state index in [2.05, 4.69) is 15.1 Å². The van der Waals surface area contributed by atoms with Crippen molar-refractivity contribution >= 4 is 6.03 Å². The van der Waals surface area contributed by atoms with Crippen molar-refractivity contribution in [1.29, 1.82) is 0 Å². The SMILES string of the molecule is CC(C)NC(=O)N1CCCC2CC(N3CCC4(CC3)COc3ccc(F)cc34)CC21. The molecule has 3 aliphatic heterocycles. The van der Waals surface area contributed by atoms with Crippen LogP contribution < -0.4 is 10.1 Å². The lowest BCUT2D eigenvalue weighted by atomic mass is 9.74. The fourth-order valence-corrected chi connectivity index (χ4v) is 6.40. The molecule has 3 heterocycles. The van der Waals surface area contributed by atoms with Gasteiger partial charge in [0.1, 0.15) is 11.6 Å². The Morgan fingerprint density at radius 1 is 1.23 bits per heavy atom. The topological polar surface area (TPSA) is 44.8 Å². The Morgan fingerprint density at radius 3 is 2.80 bits per heavy atom. The van der Waals surface area contributed by atoms with Gasteiger partial charge in [-0.25, -0.2) is 9.18 Å². The summed E-state index contributed by atoms with van der Waals surface area (Å²) >= 11 is 0. The second kappa shape index (κ2) is 7.70. The van der Waals surface area contributed by atoms with E-state index in [-0.39, 0.29) is 23.3 Å². The van der Waals surface area contributed by atoms with E-state index in [1.165, 1.54) is 18.9 Å². The van der Waals surface area contributed by atoms with Crippen LogP contribution in [0.5, 0.6) is 5.75 Å². The molecule has 3 fully saturated rings. The Hall–Kier alpha value is -1.82. The fraction of sp³-hybridized carbons (Fsp3) is 0.708. The van der Waals surface area contributed by atoms with Crippen molar-refractivity contribution in [3.8, 4) is 5.75 Å². The van der Waals surface area contributed by atoms with Crippen molar-refractivity contribution in [3.63, 3.8) is 0 Å². The van der Waals surface area contributed by atoms with Crippen molar-refractivity contribution in [2.75, 3.05) is 26.2 Å². The number of ether oxygens (including phenoxy) is 1. The van der Waals surface area contributed by atoms with Crippen LogP contribution in [0.4, 0.5) is 9.18 Å². The van der Waals surface area contributed by atoms with E-state index in [0.29, 0.717) is 24.6 Å². The Balaban J connectivity index is 1.24. The van der Waals surface area contributed by atoms with Gasteiger partial charge in [-0.3, -0.25) is 0 Å². The molecule has 1 N–H and O–H groups in total. The van der Waals surface area contributed by atoms with Gasteiger partial charge in [-0.1, -0.05) is 0 Å². The third-order valence-electron chi connectivity index (χ3n) is 7.97. The predicted octanol–water partition coefficient (Wildman–Crippen LogP) is 3.91. The molecule has 0 aromatic heterocycles. The van der Waals surface area contributed by atoms with E-state index >= 15 is 0 Å². The lowest BCUT2D eigenvalue weighted by Crippen LogP contribution is -2.52. The molecule has 1 aromatic rings. The molecule has 0 bridgehead atoms. The maximum atomic E-state index is 13.9. The molecule has 2 amide bonds. The van der Waals surface area contributed by atoms with Gasteiger partial charge in [0, 0.05) is 35.6 Å². The van der Waals surface area contributed by atoms with Gasteiger partial charge in [-0.2, -0.15) is 0 Å². The Morgan fingerprint density at radius 2 is 2.03 bits per heavy atom. The number of carbonyl (C=O) groups is 1. The number of amides is 2. The van der Waals surface area contributed by atoms with Gasteiger partial charge < -0.3 is 19.9 Å². The van der Waals surface area contributed by atoms with E-state index in [0.717, 1.165) is 56.6 Å². The summed E-state index contributed by atoms with van der Waals surface area (Å²) in [5.41, 5.74) is 1.04. The zero-order valence-corrected chi connectivity index (χ0v) is 18.2. The molecule has 3 atom stereocenters. The van der Waals surface area contributed by atoms with Crippen LogP contribution in [0.2, 0.25) is 0 Å². The second-order valence-corrected chi connectivity index (χ2v) is 10.1. The van der Waals surface area contributed by atoms with Crippen molar-refractivity contribution < 1.29 is 13.9 Å². The van der Waals surface area contributed by atoms with E-state index in [1.54, 1.807) is 12.1 Å². The summed E-state index contributed by atoms with van der Waals surface area (Å²) in [6, 6.07) is 6.18. The Bertz CT molecular complexity index is 806. The molecule has 5 nitrogen and oxygen atoms in total. The van der Waals surface area contributed by atoms with Gasteiger partial charge >= 0.3 is 6.03 Å². The van der Waals surface area contributed by atoms with Crippen molar-refractivity contribution in [2.45, 2.75) is 75.9 Å². The molecule has 6 heteroatoms. The van der Waals surface area contributed by atoms with E-state index in [9.17, 15) is 9.18 Å². The largest absolute Gasteiger partial charge is 0.492 e. The molecule has 30 heavy (non-hydrogen) atoms. The number of fused-ring (bicyclic) bond motifs is 3. The zero-order valence-electron chi connectivity index (χ0n) is 18.2. The van der Waals surface area contributed by atoms with E-state index in [1.807, 2.05) is 13.8 Å². The first kappa shape index (κ1) is 20.1. The molecule has 3 unspecified atom stereocenters. The van der Waals surface area contributed by atoms with Gasteiger partial charge in [0.2, 0.25) is 0 Å². The van der Waals surface area contributed by atoms with Crippen LogP contribution in [-0.4, -0.2) is 60.2 Å². The van der Waals surface area contributed by atoms with E-state index < -0.39 is 0 Å². The van der Waals surface area contributed by atoms with Crippen LogP contribution in [0.3, 0.4) is 0 Å². The average molecular weight is 416 g/mol. The van der Waals surface area contributed by atoms with Gasteiger partial charge in [-0.05, 0) is 89.6 Å². The first-order valence-electron chi connectivity index (χ1n) is 11.7. The van der Waals surface area contributed by atoms with Gasteiger partial charge in [0.15, 0.2) is 0 Å². The Labute approximate surface area is 178 Å². The lowest BCUT2D eigenvalue weighted by Gasteiger charge is -2.41. The van der Waals surface area contributed by atoms with Crippen molar-refractivity contribution in [1.82, 2.24) is 15.1 Å². The third kappa shape index (κ3) is 3.47. The molecule has 5 rings (SSSR count). The minimum absolute atomic E-state index is 0.0253. The highest BCUT2D eigenvalue weighted by Crippen LogP contribution is 2.47. The first-order valence-corrected chi connectivity index (χ1v) is 11.7. The summed E-state index contributed by atoms with van der Waals surface area (Å²) in [5.74, 6) is 1.33. The molecule has 4 aliphatic rings. The van der Waals surface area contributed by atoms with Crippen LogP contribution >= 0.6 is 0 Å². The number of nitrogens with one attached hydrogen (secondary N) is 1. The molecule has 1 spiro atoms. The lowest BCUT2D eigenvalue weighted by molar-refractivity contribution is 0.0974. The summed E-state index contributed by atoms with van der Waals surface area (Å²) in [4.78, 5) is 17.5. The minimum Gasteiger partial charge on any atom is -0.492 e. The highest BCUT2D eigenvalue weighted by molar-refractivity contribution is 5.75. The second-order valence-electron chi connectivity index (χ2n) is 10.1. The number of likely N-dealkylation sites (tertiary alicyclic amines) is 2. The number of hydrogen-bond donors (Lipinski definition) is 1. The summed E-state index contributed by atoms with van der Waals surface area (Å²) in [7, 11) is 0. The Kier molecular flexibility index (Phi) is 5.16. The van der Waals surface area contributed by atoms with Crippen LogP contribution in [0.1, 0.15) is 57.9 Å². The number of carbonyl (C=O) groups excluding carboxylic acids is 1. The molecule has 164 valence electrons. The summed E-state index contributed by atoms with van der Waals surface area (Å²) in [5, 5.41) is 3.10. The maximum Gasteiger partial charge on any atom is 0.317 e. The van der Waals surface area contributed by atoms with Crippen LogP contribution in [0, 0.1) is 11.7 Å². The fourth-order valence-electron chi connectivity index (χ4n) is 6.40. The molecule has 0 radical (unpaired) electrons. The van der Waals surface area contributed by atoms with Crippen molar-refractivity contribution in [3.05, 3.63) is 29.6 Å². The molecule has 1 aliphatic carbocycles. The maximum absolute atomic E-state index is 13.9. The monoisotopic (exact) mass is 415 g/mol. The molecule has 1 saturated carbocycles.